The van der Waals surface area contributed by atoms with Gasteiger partial charge in [-0.2, -0.15) is 0 Å². The topological polar surface area (TPSA) is 61.3 Å². The Morgan fingerprint density at radius 3 is 1.21 bits per heavy atom. The number of rotatable bonds is 5. The fraction of sp³-hybridized carbons (Fsp3) is 0.400. The van der Waals surface area contributed by atoms with E-state index in [4.69, 9.17) is 16.2 Å². The van der Waals surface area contributed by atoms with Crippen LogP contribution in [0.4, 0.5) is 11.4 Å². The van der Waals surface area contributed by atoms with Gasteiger partial charge in [-0.05, 0) is 47.2 Å². The summed E-state index contributed by atoms with van der Waals surface area (Å²) in [4.78, 5) is 0. The average molecular weight is 432 g/mol. The van der Waals surface area contributed by atoms with Crippen LogP contribution in [0.2, 0.25) is 0 Å². The fourth-order valence-electron chi connectivity index (χ4n) is 1.89. The zero-order chi connectivity index (χ0) is 17.2. The summed E-state index contributed by atoms with van der Waals surface area (Å²) in [6.45, 7) is 10.5. The number of hydrogen-bond donors (Lipinski definition) is 2. The van der Waals surface area contributed by atoms with Gasteiger partial charge in [-0.25, -0.2) is 0 Å². The molecule has 0 amide bonds. The van der Waals surface area contributed by atoms with Crippen molar-refractivity contribution in [2.24, 2.45) is 11.8 Å². The van der Waals surface area contributed by atoms with Crippen molar-refractivity contribution in [3.8, 4) is 11.1 Å². The quantitative estimate of drug-likeness (QED) is 0.710. The summed E-state index contributed by atoms with van der Waals surface area (Å²) in [7, 11) is 0. The molecule has 4 N–H and O–H groups in total. The number of benzene rings is 2. The molecule has 0 atom stereocenters. The third-order valence-electron chi connectivity index (χ3n) is 3.06. The molecule has 0 aliphatic heterocycles. The van der Waals surface area contributed by atoms with Crippen LogP contribution >= 0.6 is 0 Å². The molecule has 24 heavy (non-hydrogen) atoms. The normalized spacial score (nSPS) is 10.1. The summed E-state index contributed by atoms with van der Waals surface area (Å²) in [5.74, 6) is 1.34. The maximum absolute atomic E-state index is 5.61. The van der Waals surface area contributed by atoms with Crippen molar-refractivity contribution in [3.63, 3.8) is 0 Å². The predicted octanol–water partition coefficient (Wildman–Crippen LogP) is 3.65. The van der Waals surface area contributed by atoms with Crippen molar-refractivity contribution >= 4 is 37.2 Å². The molecule has 2 aromatic carbocycles. The molecule has 0 bridgehead atoms. The fourth-order valence-corrected chi connectivity index (χ4v) is 1.89. The second kappa shape index (κ2) is 12.3. The molecular weight excluding hydrogens is 399 g/mol. The van der Waals surface area contributed by atoms with Crippen molar-refractivity contribution in [2.45, 2.75) is 27.7 Å². The van der Waals surface area contributed by atoms with Crippen LogP contribution in [-0.4, -0.2) is 39.1 Å². The Morgan fingerprint density at radius 2 is 0.958 bits per heavy atom. The Labute approximate surface area is 165 Å². The number of ether oxygens (including phenoxy) is 1. The molecule has 0 fully saturated rings. The molecule has 2 rings (SSSR count). The summed E-state index contributed by atoms with van der Waals surface area (Å²) in [5.41, 5.74) is 15.1. The van der Waals surface area contributed by atoms with Gasteiger partial charge in [0.1, 0.15) is 0 Å². The number of nitrogens with two attached hydrogens (primary N) is 2. The Balaban J connectivity index is 0.000000468. The van der Waals surface area contributed by atoms with E-state index in [9.17, 15) is 0 Å². The minimum absolute atomic E-state index is 0. The predicted molar refractivity (Wildman–Crippen MR) is 111 cm³/mol. The van der Waals surface area contributed by atoms with Crippen LogP contribution in [0.15, 0.2) is 48.5 Å². The van der Waals surface area contributed by atoms with Gasteiger partial charge in [-0.3, -0.25) is 0 Å². The van der Waals surface area contributed by atoms with E-state index in [0.717, 1.165) is 35.7 Å². The van der Waals surface area contributed by atoms with Crippen molar-refractivity contribution in [3.05, 3.63) is 48.5 Å². The molecule has 0 spiro atoms. The molecule has 0 aliphatic rings. The molecule has 0 saturated heterocycles. The molecule has 4 heteroatoms. The monoisotopic (exact) mass is 432 g/mol. The SMILES string of the molecule is CC(C)COCC(C)C.Nc1ccc(-c2ccc(N)cc2)cc1.[InH3]. The van der Waals surface area contributed by atoms with Gasteiger partial charge < -0.3 is 16.2 Å². The van der Waals surface area contributed by atoms with Gasteiger partial charge in [0.05, 0.1) is 0 Å². The standard InChI is InChI=1S/C12H12N2.C8H18O.In.3H/c13-11-5-1-9(2-6-11)10-3-7-12(14)8-4-10;1-7(2)5-9-6-8(3)4;;;;/h1-8H,13-14H2;7-8H,5-6H2,1-4H3;;;;. The van der Waals surface area contributed by atoms with Gasteiger partial charge in [0, 0.05) is 24.6 Å². The first-order valence-corrected chi connectivity index (χ1v) is 8.17. The van der Waals surface area contributed by atoms with Crippen LogP contribution in [0.3, 0.4) is 0 Å². The molecule has 0 unspecified atom stereocenters. The van der Waals surface area contributed by atoms with Crippen molar-refractivity contribution in [1.29, 1.82) is 0 Å². The van der Waals surface area contributed by atoms with E-state index in [-0.39, 0.29) is 25.8 Å². The Bertz CT molecular complexity index is 499. The first-order chi connectivity index (χ1) is 10.9. The van der Waals surface area contributed by atoms with Crippen molar-refractivity contribution < 1.29 is 4.74 Å². The van der Waals surface area contributed by atoms with Gasteiger partial charge in [0.2, 0.25) is 0 Å². The Kier molecular flexibility index (Phi) is 11.7. The second-order valence-corrected chi connectivity index (χ2v) is 6.57. The number of hydrogen-bond acceptors (Lipinski definition) is 3. The van der Waals surface area contributed by atoms with E-state index in [2.05, 4.69) is 27.7 Å². The molecule has 0 radical (unpaired) electrons. The van der Waals surface area contributed by atoms with E-state index in [1.54, 1.807) is 0 Å². The molecule has 0 heterocycles. The van der Waals surface area contributed by atoms with Crippen molar-refractivity contribution in [1.82, 2.24) is 0 Å². The first kappa shape index (κ1) is 22.9. The zero-order valence-corrected chi connectivity index (χ0v) is 14.8. The number of anilines is 2. The Hall–Kier alpha value is -1.13. The van der Waals surface area contributed by atoms with Gasteiger partial charge in [-0.1, -0.05) is 52.0 Å². The zero-order valence-electron chi connectivity index (χ0n) is 14.8. The molecule has 0 aliphatic carbocycles. The van der Waals surface area contributed by atoms with E-state index in [0.29, 0.717) is 11.8 Å². The Morgan fingerprint density at radius 1 is 0.667 bits per heavy atom. The minimum atomic E-state index is 0. The summed E-state index contributed by atoms with van der Waals surface area (Å²) >= 11 is 0. The van der Waals surface area contributed by atoms with E-state index < -0.39 is 0 Å². The summed E-state index contributed by atoms with van der Waals surface area (Å²) in [6.07, 6.45) is 0. The van der Waals surface area contributed by atoms with Gasteiger partial charge >= 0.3 is 25.8 Å². The first-order valence-electron chi connectivity index (χ1n) is 8.17. The maximum atomic E-state index is 5.61. The van der Waals surface area contributed by atoms with E-state index in [1.165, 1.54) is 0 Å². The van der Waals surface area contributed by atoms with Gasteiger partial charge in [0.15, 0.2) is 0 Å². The van der Waals surface area contributed by atoms with Gasteiger partial charge in [0.25, 0.3) is 0 Å². The molecule has 132 valence electrons. The molecule has 2 aromatic rings. The molecule has 0 aromatic heterocycles. The van der Waals surface area contributed by atoms with Crippen LogP contribution < -0.4 is 11.5 Å². The average Bonchev–Trinajstić information content (AvgIpc) is 2.49. The molecule has 0 saturated carbocycles. The van der Waals surface area contributed by atoms with Crippen LogP contribution in [0.5, 0.6) is 0 Å². The summed E-state index contributed by atoms with van der Waals surface area (Å²) < 4.78 is 5.36. The van der Waals surface area contributed by atoms with E-state index >= 15 is 0 Å². The summed E-state index contributed by atoms with van der Waals surface area (Å²) in [6, 6.07) is 15.6. The van der Waals surface area contributed by atoms with Crippen LogP contribution in [0.1, 0.15) is 27.7 Å². The molecule has 3 nitrogen and oxygen atoms in total. The van der Waals surface area contributed by atoms with Gasteiger partial charge in [-0.15, -0.1) is 0 Å². The van der Waals surface area contributed by atoms with E-state index in [1.807, 2.05) is 48.5 Å². The molecular formula is C20H33InN2O. The van der Waals surface area contributed by atoms with Crippen LogP contribution in [0, 0.1) is 11.8 Å². The summed E-state index contributed by atoms with van der Waals surface area (Å²) in [5, 5.41) is 0. The van der Waals surface area contributed by atoms with Crippen LogP contribution in [-0.2, 0) is 4.74 Å². The third kappa shape index (κ3) is 9.89. The number of nitrogen functional groups attached to an aromatic ring is 2. The third-order valence-corrected chi connectivity index (χ3v) is 3.06. The second-order valence-electron chi connectivity index (χ2n) is 6.57. The van der Waals surface area contributed by atoms with Crippen LogP contribution in [0.25, 0.3) is 11.1 Å². The van der Waals surface area contributed by atoms with Crippen molar-refractivity contribution in [2.75, 3.05) is 24.7 Å².